The van der Waals surface area contributed by atoms with Crippen molar-refractivity contribution in [1.82, 2.24) is 9.97 Å². The van der Waals surface area contributed by atoms with Crippen LogP contribution in [0, 0.1) is 0 Å². The van der Waals surface area contributed by atoms with E-state index in [2.05, 4.69) is 28.7 Å². The molecule has 0 saturated carbocycles. The highest BCUT2D eigenvalue weighted by atomic mass is 15.2. The molecule has 1 N–H and O–H groups in total. The Morgan fingerprint density at radius 1 is 1.21 bits per heavy atom. The minimum absolute atomic E-state index is 1.02. The maximum Gasteiger partial charge on any atom is 0.202 e. The van der Waals surface area contributed by atoms with Crippen molar-refractivity contribution in [2.45, 2.75) is 39.5 Å². The number of hydrogen-bond donors (Lipinski definition) is 1. The molecule has 1 aromatic heterocycles. The fourth-order valence-corrected chi connectivity index (χ4v) is 1.45. The Bertz CT molecular complexity index is 210. The van der Waals surface area contributed by atoms with Gasteiger partial charge in [-0.25, -0.2) is 4.98 Å². The minimum Gasteiger partial charge on any atom is -0.342 e. The van der Waals surface area contributed by atoms with E-state index in [1.165, 1.54) is 25.7 Å². The van der Waals surface area contributed by atoms with Crippen molar-refractivity contribution in [3.05, 3.63) is 12.4 Å². The average molecular weight is 195 g/mol. The fraction of sp³-hybridized carbons (Fsp3) is 0.727. The van der Waals surface area contributed by atoms with Gasteiger partial charge < -0.3 is 9.88 Å². The van der Waals surface area contributed by atoms with Crippen LogP contribution >= 0.6 is 0 Å². The lowest BCUT2D eigenvalue weighted by Crippen LogP contribution is -2.26. The number of unbranched alkanes of at least 4 members (excludes halogenated alkanes) is 2. The summed E-state index contributed by atoms with van der Waals surface area (Å²) in [5, 5.41) is 0. The number of imidazole rings is 1. The van der Waals surface area contributed by atoms with Crippen LogP contribution in [0.2, 0.25) is 0 Å². The van der Waals surface area contributed by atoms with E-state index in [9.17, 15) is 0 Å². The molecule has 0 amide bonds. The molecule has 14 heavy (non-hydrogen) atoms. The number of nitrogens with one attached hydrogen (secondary N) is 1. The highest BCUT2D eigenvalue weighted by Gasteiger charge is 2.06. The molecule has 1 heterocycles. The van der Waals surface area contributed by atoms with Gasteiger partial charge in [0, 0.05) is 25.5 Å². The third kappa shape index (κ3) is 3.40. The summed E-state index contributed by atoms with van der Waals surface area (Å²) in [4.78, 5) is 9.80. The lowest BCUT2D eigenvalue weighted by atomic mass is 10.3. The van der Waals surface area contributed by atoms with Crippen LogP contribution < -0.4 is 4.90 Å². The van der Waals surface area contributed by atoms with Crippen LogP contribution in [0.25, 0.3) is 0 Å². The molecule has 0 atom stereocenters. The van der Waals surface area contributed by atoms with Crippen molar-refractivity contribution >= 4 is 5.95 Å². The van der Waals surface area contributed by atoms with Gasteiger partial charge >= 0.3 is 0 Å². The molecule has 0 aromatic carbocycles. The second kappa shape index (κ2) is 6.46. The van der Waals surface area contributed by atoms with E-state index in [4.69, 9.17) is 0 Å². The van der Waals surface area contributed by atoms with E-state index >= 15 is 0 Å². The zero-order chi connectivity index (χ0) is 10.2. The third-order valence-corrected chi connectivity index (χ3v) is 2.35. The van der Waals surface area contributed by atoms with Crippen molar-refractivity contribution in [1.29, 1.82) is 0 Å². The van der Waals surface area contributed by atoms with E-state index in [0.29, 0.717) is 0 Å². The first-order valence-electron chi connectivity index (χ1n) is 5.62. The molecular weight excluding hydrogens is 174 g/mol. The molecule has 0 saturated heterocycles. The standard InChI is InChI=1S/C11H21N3/c1-3-5-9-14(10-6-4-2)11-12-7-8-13-11/h7-8H,3-6,9-10H2,1-2H3,(H,12,13). The summed E-state index contributed by atoms with van der Waals surface area (Å²) >= 11 is 0. The lowest BCUT2D eigenvalue weighted by molar-refractivity contribution is 0.666. The Morgan fingerprint density at radius 2 is 1.86 bits per heavy atom. The van der Waals surface area contributed by atoms with Gasteiger partial charge in [-0.05, 0) is 12.8 Å². The summed E-state index contributed by atoms with van der Waals surface area (Å²) < 4.78 is 0. The topological polar surface area (TPSA) is 31.9 Å². The summed E-state index contributed by atoms with van der Waals surface area (Å²) in [7, 11) is 0. The summed E-state index contributed by atoms with van der Waals surface area (Å²) in [6.07, 6.45) is 8.67. The van der Waals surface area contributed by atoms with Crippen molar-refractivity contribution in [3.8, 4) is 0 Å². The Hall–Kier alpha value is -0.990. The van der Waals surface area contributed by atoms with Crippen molar-refractivity contribution in [3.63, 3.8) is 0 Å². The van der Waals surface area contributed by atoms with Crippen LogP contribution in [0.3, 0.4) is 0 Å². The molecule has 0 aliphatic carbocycles. The van der Waals surface area contributed by atoms with E-state index in [0.717, 1.165) is 19.0 Å². The van der Waals surface area contributed by atoms with Gasteiger partial charge in [0.2, 0.25) is 5.95 Å². The number of nitrogens with zero attached hydrogens (tertiary/aromatic N) is 2. The van der Waals surface area contributed by atoms with Crippen molar-refractivity contribution in [2.75, 3.05) is 18.0 Å². The van der Waals surface area contributed by atoms with Gasteiger partial charge in [0.05, 0.1) is 0 Å². The monoisotopic (exact) mass is 195 g/mol. The molecule has 0 aliphatic rings. The van der Waals surface area contributed by atoms with Crippen molar-refractivity contribution in [2.24, 2.45) is 0 Å². The van der Waals surface area contributed by atoms with E-state index < -0.39 is 0 Å². The van der Waals surface area contributed by atoms with Gasteiger partial charge in [0.15, 0.2) is 0 Å². The SMILES string of the molecule is CCCCN(CCCC)c1ncc[nH]1. The first kappa shape index (κ1) is 11.1. The molecule has 0 radical (unpaired) electrons. The molecular formula is C11H21N3. The van der Waals surface area contributed by atoms with Gasteiger partial charge in [-0.1, -0.05) is 26.7 Å². The predicted octanol–water partition coefficient (Wildman–Crippen LogP) is 2.82. The Kier molecular flexibility index (Phi) is 5.12. The smallest absolute Gasteiger partial charge is 0.202 e. The molecule has 1 rings (SSSR count). The molecule has 0 spiro atoms. The normalized spacial score (nSPS) is 10.4. The number of rotatable bonds is 7. The number of aromatic amines is 1. The molecule has 0 unspecified atom stereocenters. The molecule has 0 aliphatic heterocycles. The lowest BCUT2D eigenvalue weighted by Gasteiger charge is -2.21. The van der Waals surface area contributed by atoms with E-state index in [1.54, 1.807) is 0 Å². The van der Waals surface area contributed by atoms with Crippen LogP contribution in [0.5, 0.6) is 0 Å². The first-order chi connectivity index (χ1) is 6.88. The highest BCUT2D eigenvalue weighted by Crippen LogP contribution is 2.08. The largest absolute Gasteiger partial charge is 0.342 e. The van der Waals surface area contributed by atoms with Gasteiger partial charge in [-0.2, -0.15) is 0 Å². The number of hydrogen-bond acceptors (Lipinski definition) is 2. The van der Waals surface area contributed by atoms with Crippen LogP contribution in [-0.2, 0) is 0 Å². The number of anilines is 1. The predicted molar refractivity (Wildman–Crippen MR) is 60.6 cm³/mol. The quantitative estimate of drug-likeness (QED) is 0.725. The summed E-state index contributed by atoms with van der Waals surface area (Å²) in [6, 6.07) is 0. The zero-order valence-corrected chi connectivity index (χ0v) is 9.29. The maximum atomic E-state index is 4.29. The van der Waals surface area contributed by atoms with E-state index in [-0.39, 0.29) is 0 Å². The van der Waals surface area contributed by atoms with Gasteiger partial charge in [-0.15, -0.1) is 0 Å². The van der Waals surface area contributed by atoms with Crippen LogP contribution in [-0.4, -0.2) is 23.1 Å². The van der Waals surface area contributed by atoms with Crippen LogP contribution in [0.1, 0.15) is 39.5 Å². The van der Waals surface area contributed by atoms with Gasteiger partial charge in [-0.3, -0.25) is 0 Å². The molecule has 0 fully saturated rings. The maximum absolute atomic E-state index is 4.29. The molecule has 3 nitrogen and oxygen atoms in total. The fourth-order valence-electron chi connectivity index (χ4n) is 1.45. The molecule has 3 heteroatoms. The molecule has 80 valence electrons. The number of H-pyrrole nitrogens is 1. The zero-order valence-electron chi connectivity index (χ0n) is 9.29. The second-order valence-corrected chi connectivity index (χ2v) is 3.61. The Balaban J connectivity index is 2.44. The Morgan fingerprint density at radius 3 is 2.29 bits per heavy atom. The summed E-state index contributed by atoms with van der Waals surface area (Å²) in [6.45, 7) is 6.67. The summed E-state index contributed by atoms with van der Waals surface area (Å²) in [5.41, 5.74) is 0. The minimum atomic E-state index is 1.02. The second-order valence-electron chi connectivity index (χ2n) is 3.61. The number of aromatic nitrogens is 2. The third-order valence-electron chi connectivity index (χ3n) is 2.35. The van der Waals surface area contributed by atoms with E-state index in [1.807, 2.05) is 12.4 Å². The van der Waals surface area contributed by atoms with Crippen LogP contribution in [0.15, 0.2) is 12.4 Å². The van der Waals surface area contributed by atoms with Crippen molar-refractivity contribution < 1.29 is 0 Å². The molecule has 1 aromatic rings. The van der Waals surface area contributed by atoms with Gasteiger partial charge in [0.1, 0.15) is 0 Å². The molecule has 0 bridgehead atoms. The first-order valence-corrected chi connectivity index (χ1v) is 5.62. The van der Waals surface area contributed by atoms with Crippen LogP contribution in [0.4, 0.5) is 5.95 Å². The summed E-state index contributed by atoms with van der Waals surface area (Å²) in [5.74, 6) is 1.02. The Labute approximate surface area is 86.5 Å². The average Bonchev–Trinajstić information content (AvgIpc) is 2.71. The highest BCUT2D eigenvalue weighted by molar-refractivity contribution is 5.28. The van der Waals surface area contributed by atoms with Gasteiger partial charge in [0.25, 0.3) is 0 Å².